The first-order chi connectivity index (χ1) is 7.81. The van der Waals surface area contributed by atoms with Crippen LogP contribution in [0.2, 0.25) is 0 Å². The van der Waals surface area contributed by atoms with Crippen molar-refractivity contribution >= 4 is 12.3 Å². The van der Waals surface area contributed by atoms with Crippen molar-refractivity contribution in [2.45, 2.75) is 18.9 Å². The zero-order chi connectivity index (χ0) is 11.4. The summed E-state index contributed by atoms with van der Waals surface area (Å²) in [4.78, 5) is 24.0. The second-order valence-corrected chi connectivity index (χ2v) is 4.06. The van der Waals surface area contributed by atoms with Crippen LogP contribution in [0.4, 0.5) is 0 Å². The van der Waals surface area contributed by atoms with Crippen molar-refractivity contribution in [1.29, 1.82) is 0 Å². The number of hydrazine groups is 1. The molecule has 0 bridgehead atoms. The number of carbonyl (C=O) groups is 2. The molecule has 6 heteroatoms. The molecule has 2 rings (SSSR count). The minimum atomic E-state index is -0.231. The predicted molar refractivity (Wildman–Crippen MR) is 56.3 cm³/mol. The number of nitrogens with zero attached hydrogens (tertiary/aromatic N) is 2. The topological polar surface area (TPSA) is 61.9 Å². The first-order valence-electron chi connectivity index (χ1n) is 5.66. The van der Waals surface area contributed by atoms with Gasteiger partial charge in [0.05, 0.1) is 0 Å². The molecule has 1 atom stereocenters. The van der Waals surface area contributed by atoms with E-state index in [1.165, 1.54) is 0 Å². The zero-order valence-corrected chi connectivity index (χ0v) is 9.22. The van der Waals surface area contributed by atoms with Crippen molar-refractivity contribution in [3.8, 4) is 0 Å². The summed E-state index contributed by atoms with van der Waals surface area (Å²) >= 11 is 0. The second-order valence-electron chi connectivity index (χ2n) is 4.06. The zero-order valence-electron chi connectivity index (χ0n) is 9.22. The van der Waals surface area contributed by atoms with Gasteiger partial charge in [-0.1, -0.05) is 0 Å². The van der Waals surface area contributed by atoms with Crippen LogP contribution in [-0.4, -0.2) is 61.1 Å². The molecular weight excluding hydrogens is 210 g/mol. The van der Waals surface area contributed by atoms with E-state index in [2.05, 4.69) is 5.43 Å². The van der Waals surface area contributed by atoms with Crippen molar-refractivity contribution in [2.24, 2.45) is 0 Å². The Morgan fingerprint density at radius 3 is 2.62 bits per heavy atom. The van der Waals surface area contributed by atoms with E-state index in [1.54, 1.807) is 0 Å². The standard InChI is InChI=1S/C10H17N3O3/c14-8-11-13-5-3-12(4-6-13)10(15)9-2-1-7-16-9/h8-9H,1-7H2,(H,11,14). The highest BCUT2D eigenvalue weighted by Crippen LogP contribution is 2.15. The Hall–Kier alpha value is -1.14. The van der Waals surface area contributed by atoms with E-state index in [4.69, 9.17) is 4.74 Å². The number of amides is 2. The third-order valence-electron chi connectivity index (χ3n) is 3.03. The van der Waals surface area contributed by atoms with Gasteiger partial charge < -0.3 is 9.64 Å². The van der Waals surface area contributed by atoms with Crippen LogP contribution in [0.25, 0.3) is 0 Å². The molecule has 0 radical (unpaired) electrons. The van der Waals surface area contributed by atoms with Gasteiger partial charge in [0.2, 0.25) is 6.41 Å². The Morgan fingerprint density at radius 2 is 2.06 bits per heavy atom. The average molecular weight is 227 g/mol. The van der Waals surface area contributed by atoms with Crippen LogP contribution in [0, 0.1) is 0 Å². The summed E-state index contributed by atoms with van der Waals surface area (Å²) in [7, 11) is 0. The molecule has 2 aliphatic heterocycles. The fourth-order valence-electron chi connectivity index (χ4n) is 2.11. The molecule has 2 fully saturated rings. The van der Waals surface area contributed by atoms with Gasteiger partial charge in [0.15, 0.2) is 0 Å². The maximum absolute atomic E-state index is 12.0. The van der Waals surface area contributed by atoms with Gasteiger partial charge in [-0.2, -0.15) is 0 Å². The van der Waals surface area contributed by atoms with Crippen molar-refractivity contribution in [1.82, 2.24) is 15.3 Å². The summed E-state index contributed by atoms with van der Waals surface area (Å²) in [5, 5.41) is 1.81. The van der Waals surface area contributed by atoms with Gasteiger partial charge in [-0.3, -0.25) is 15.0 Å². The van der Waals surface area contributed by atoms with Gasteiger partial charge in [0.1, 0.15) is 6.10 Å². The molecule has 0 aromatic heterocycles. The highest BCUT2D eigenvalue weighted by atomic mass is 16.5. The molecule has 2 saturated heterocycles. The molecule has 0 saturated carbocycles. The lowest BCUT2D eigenvalue weighted by atomic mass is 10.2. The number of hydrogen-bond acceptors (Lipinski definition) is 4. The van der Waals surface area contributed by atoms with Crippen LogP contribution >= 0.6 is 0 Å². The van der Waals surface area contributed by atoms with Crippen LogP contribution < -0.4 is 5.43 Å². The van der Waals surface area contributed by atoms with Crippen LogP contribution in [-0.2, 0) is 14.3 Å². The lowest BCUT2D eigenvalue weighted by Crippen LogP contribution is -2.54. The van der Waals surface area contributed by atoms with Crippen LogP contribution in [0.3, 0.4) is 0 Å². The van der Waals surface area contributed by atoms with Gasteiger partial charge in [-0.15, -0.1) is 0 Å². The smallest absolute Gasteiger partial charge is 0.251 e. The van der Waals surface area contributed by atoms with E-state index in [0.29, 0.717) is 39.2 Å². The van der Waals surface area contributed by atoms with E-state index < -0.39 is 0 Å². The Labute approximate surface area is 94.5 Å². The van der Waals surface area contributed by atoms with E-state index in [-0.39, 0.29) is 12.0 Å². The Kier molecular flexibility index (Phi) is 3.74. The molecular formula is C10H17N3O3. The number of piperazine rings is 1. The first-order valence-corrected chi connectivity index (χ1v) is 5.66. The van der Waals surface area contributed by atoms with Crippen LogP contribution in [0.15, 0.2) is 0 Å². The van der Waals surface area contributed by atoms with Crippen molar-refractivity contribution in [3.63, 3.8) is 0 Å². The second kappa shape index (κ2) is 5.27. The average Bonchev–Trinajstić information content (AvgIpc) is 2.83. The molecule has 6 nitrogen and oxygen atoms in total. The lowest BCUT2D eigenvalue weighted by Gasteiger charge is -2.34. The van der Waals surface area contributed by atoms with Gasteiger partial charge in [0, 0.05) is 32.8 Å². The quantitative estimate of drug-likeness (QED) is 0.626. The molecule has 90 valence electrons. The number of hydrogen-bond donors (Lipinski definition) is 1. The number of rotatable bonds is 3. The van der Waals surface area contributed by atoms with Gasteiger partial charge in [-0.25, -0.2) is 5.01 Å². The maximum atomic E-state index is 12.0. The lowest BCUT2D eigenvalue weighted by molar-refractivity contribution is -0.143. The molecule has 1 N–H and O–H groups in total. The molecule has 0 spiro atoms. The third kappa shape index (κ3) is 2.51. The number of ether oxygens (including phenoxy) is 1. The van der Waals surface area contributed by atoms with E-state index in [0.717, 1.165) is 12.8 Å². The van der Waals surface area contributed by atoms with E-state index in [1.807, 2.05) is 9.91 Å². The molecule has 0 aliphatic carbocycles. The Bertz CT molecular complexity index is 258. The maximum Gasteiger partial charge on any atom is 0.251 e. The molecule has 2 amide bonds. The molecule has 16 heavy (non-hydrogen) atoms. The molecule has 2 heterocycles. The normalized spacial score (nSPS) is 26.8. The summed E-state index contributed by atoms with van der Waals surface area (Å²) in [6.07, 6.45) is 2.25. The summed E-state index contributed by atoms with van der Waals surface area (Å²) in [6.45, 7) is 3.36. The van der Waals surface area contributed by atoms with Crippen molar-refractivity contribution in [2.75, 3.05) is 32.8 Å². The van der Waals surface area contributed by atoms with Gasteiger partial charge >= 0.3 is 0 Å². The number of nitrogens with one attached hydrogen (secondary N) is 1. The van der Waals surface area contributed by atoms with Crippen molar-refractivity contribution < 1.29 is 14.3 Å². The third-order valence-corrected chi connectivity index (χ3v) is 3.03. The van der Waals surface area contributed by atoms with Gasteiger partial charge in [0.25, 0.3) is 5.91 Å². The minimum Gasteiger partial charge on any atom is -0.368 e. The summed E-state index contributed by atoms with van der Waals surface area (Å²) in [6, 6.07) is 0. The molecule has 0 aromatic carbocycles. The monoisotopic (exact) mass is 227 g/mol. The largest absolute Gasteiger partial charge is 0.368 e. The molecule has 2 aliphatic rings. The Morgan fingerprint density at radius 1 is 1.31 bits per heavy atom. The summed E-state index contributed by atoms with van der Waals surface area (Å²) in [5.41, 5.74) is 2.60. The fraction of sp³-hybridized carbons (Fsp3) is 0.800. The van der Waals surface area contributed by atoms with Crippen LogP contribution in [0.1, 0.15) is 12.8 Å². The van der Waals surface area contributed by atoms with Crippen LogP contribution in [0.5, 0.6) is 0 Å². The van der Waals surface area contributed by atoms with Crippen molar-refractivity contribution in [3.05, 3.63) is 0 Å². The molecule has 1 unspecified atom stereocenters. The highest BCUT2D eigenvalue weighted by molar-refractivity contribution is 5.81. The summed E-state index contributed by atoms with van der Waals surface area (Å²) in [5.74, 6) is 0.100. The Balaban J connectivity index is 1.79. The number of carbonyl (C=O) groups excluding carboxylic acids is 2. The van der Waals surface area contributed by atoms with E-state index >= 15 is 0 Å². The predicted octanol–water partition coefficient (Wildman–Crippen LogP) is -1.03. The van der Waals surface area contributed by atoms with E-state index in [9.17, 15) is 9.59 Å². The van der Waals surface area contributed by atoms with Gasteiger partial charge in [-0.05, 0) is 12.8 Å². The first kappa shape index (κ1) is 11.3. The fourth-order valence-corrected chi connectivity index (χ4v) is 2.11. The minimum absolute atomic E-state index is 0.100. The molecule has 0 aromatic rings. The summed E-state index contributed by atoms with van der Waals surface area (Å²) < 4.78 is 5.37. The SMILES string of the molecule is O=CNN1CCN(C(=O)C2CCCO2)CC1. The highest BCUT2D eigenvalue weighted by Gasteiger charge is 2.30.